The lowest BCUT2D eigenvalue weighted by Gasteiger charge is -2.28. The van der Waals surface area contributed by atoms with Crippen molar-refractivity contribution in [2.24, 2.45) is 0 Å². The number of aryl methyl sites for hydroxylation is 2. The quantitative estimate of drug-likeness (QED) is 0.170. The summed E-state index contributed by atoms with van der Waals surface area (Å²) in [6.45, 7) is 4.91. The van der Waals surface area contributed by atoms with Crippen LogP contribution in [0.1, 0.15) is 40.0 Å². The summed E-state index contributed by atoms with van der Waals surface area (Å²) in [5.74, 6) is -0.895. The van der Waals surface area contributed by atoms with Crippen LogP contribution in [0.3, 0.4) is 0 Å². The van der Waals surface area contributed by atoms with E-state index in [2.05, 4.69) is 33.4 Å². The minimum atomic E-state index is -1.06. The predicted octanol–water partition coefficient (Wildman–Crippen LogP) is 7.10. The van der Waals surface area contributed by atoms with Gasteiger partial charge in [-0.3, -0.25) is 4.79 Å². The van der Waals surface area contributed by atoms with Crippen molar-refractivity contribution in [3.8, 4) is 17.2 Å². The van der Waals surface area contributed by atoms with Crippen molar-refractivity contribution in [3.63, 3.8) is 0 Å². The van der Waals surface area contributed by atoms with E-state index in [4.69, 9.17) is 10.5 Å². The van der Waals surface area contributed by atoms with Crippen molar-refractivity contribution in [1.29, 1.82) is 0 Å². The number of carbonyl (C=O) groups is 1. The fraction of sp³-hybridized carbons (Fsp3) is 0.200. The van der Waals surface area contributed by atoms with Crippen LogP contribution in [0, 0.1) is 25.5 Å². The van der Waals surface area contributed by atoms with Crippen molar-refractivity contribution < 1.29 is 18.3 Å². The van der Waals surface area contributed by atoms with Crippen LogP contribution < -0.4 is 14.8 Å². The molecule has 40 heavy (non-hydrogen) atoms. The zero-order valence-electron chi connectivity index (χ0n) is 22.0. The largest absolute Gasteiger partial charge is 0.454 e. The van der Waals surface area contributed by atoms with E-state index in [1.54, 1.807) is 18.2 Å². The molecule has 1 saturated heterocycles. The summed E-state index contributed by atoms with van der Waals surface area (Å²) < 4.78 is 36.9. The highest BCUT2D eigenvalue weighted by Gasteiger charge is 2.22. The molecule has 1 fully saturated rings. The molecular weight excluding hydrogens is 532 g/mol. The van der Waals surface area contributed by atoms with Gasteiger partial charge in [-0.15, -0.1) is 0 Å². The van der Waals surface area contributed by atoms with E-state index >= 15 is 0 Å². The van der Waals surface area contributed by atoms with Gasteiger partial charge in [0.25, 0.3) is 0 Å². The summed E-state index contributed by atoms with van der Waals surface area (Å²) in [6, 6.07) is 14.8. The molecule has 2 aromatic heterocycles. The van der Waals surface area contributed by atoms with Crippen molar-refractivity contribution in [2.75, 3.05) is 22.3 Å². The minimum Gasteiger partial charge on any atom is -0.454 e. The fourth-order valence-electron chi connectivity index (χ4n) is 4.95. The lowest BCUT2D eigenvalue weighted by molar-refractivity contribution is 0.103. The Bertz CT molecular complexity index is 1760. The molecule has 5 aromatic rings. The second kappa shape index (κ2) is 10.3. The molecule has 6 rings (SSSR count). The first kappa shape index (κ1) is 25.9. The summed E-state index contributed by atoms with van der Waals surface area (Å²) >= 11 is 1.84. The van der Waals surface area contributed by atoms with Gasteiger partial charge in [0.15, 0.2) is 11.6 Å². The fourth-order valence-corrected chi connectivity index (χ4v) is 6.10. The van der Waals surface area contributed by atoms with Crippen LogP contribution >= 0.6 is 11.9 Å². The Balaban J connectivity index is 1.26. The molecule has 1 aliphatic rings. The highest BCUT2D eigenvalue weighted by molar-refractivity contribution is 8.00. The summed E-state index contributed by atoms with van der Waals surface area (Å²) in [6.07, 6.45) is 3.85. The molecule has 7 nitrogen and oxygen atoms in total. The average Bonchev–Trinajstić information content (AvgIpc) is 3.54. The van der Waals surface area contributed by atoms with Crippen molar-refractivity contribution in [1.82, 2.24) is 14.8 Å². The number of hydrogen-bond acceptors (Lipinski definition) is 6. The molecule has 0 aliphatic carbocycles. The molecule has 0 atom stereocenters. The smallest absolute Gasteiger partial charge is 0.214 e. The molecule has 1 aliphatic heterocycles. The van der Waals surface area contributed by atoms with Crippen LogP contribution in [0.5, 0.6) is 11.5 Å². The van der Waals surface area contributed by atoms with Crippen LogP contribution in [0.25, 0.3) is 16.6 Å². The third-order valence-corrected chi connectivity index (χ3v) is 8.21. The number of nitrogens with zero attached hydrogens (tertiary/aromatic N) is 3. The number of nitrogen functional groups attached to an aromatic ring is 1. The van der Waals surface area contributed by atoms with Crippen molar-refractivity contribution >= 4 is 40.1 Å². The van der Waals surface area contributed by atoms with Crippen LogP contribution in [0.15, 0.2) is 60.8 Å². The number of benzene rings is 3. The van der Waals surface area contributed by atoms with Gasteiger partial charge in [-0.25, -0.2) is 9.07 Å². The van der Waals surface area contributed by atoms with Gasteiger partial charge in [0.2, 0.25) is 11.6 Å². The highest BCUT2D eigenvalue weighted by atomic mass is 32.2. The Hall–Kier alpha value is -4.31. The molecular formula is C30H27F2N5O2S. The van der Waals surface area contributed by atoms with Crippen LogP contribution in [0.2, 0.25) is 0 Å². The number of carbonyl (C=O) groups excluding carboxylic acids is 1. The van der Waals surface area contributed by atoms with Gasteiger partial charge in [0, 0.05) is 23.2 Å². The van der Waals surface area contributed by atoms with Gasteiger partial charge in [0.05, 0.1) is 28.8 Å². The standard InChI is InChI=1S/C30H27F2N5O2S/c1-17-12-19-14-24(35-23(19)15-26(17)36-10-3-4-11-40-36)29(38)21-16-34-37(30(21)33)25-9-8-20(13-18(25)2)39-27-7-5-6-22(31)28(27)32/h5-9,12-16,35H,3-4,10-11,33H2,1-2H3. The predicted molar refractivity (Wildman–Crippen MR) is 155 cm³/mol. The van der Waals surface area contributed by atoms with Crippen LogP contribution in [-0.2, 0) is 0 Å². The molecule has 3 aromatic carbocycles. The first-order valence-electron chi connectivity index (χ1n) is 12.9. The number of nitrogens with two attached hydrogens (primary N) is 1. The van der Waals surface area contributed by atoms with Gasteiger partial charge in [0.1, 0.15) is 11.6 Å². The second-order valence-corrected chi connectivity index (χ2v) is 10.9. The molecule has 0 amide bonds. The van der Waals surface area contributed by atoms with Gasteiger partial charge < -0.3 is 19.8 Å². The lowest BCUT2D eigenvalue weighted by atomic mass is 10.1. The van der Waals surface area contributed by atoms with Crippen molar-refractivity contribution in [2.45, 2.75) is 26.7 Å². The molecule has 0 spiro atoms. The Kier molecular flexibility index (Phi) is 6.71. The summed E-state index contributed by atoms with van der Waals surface area (Å²) in [5, 5.41) is 5.33. The van der Waals surface area contributed by atoms with Gasteiger partial charge in [-0.2, -0.15) is 9.49 Å². The van der Waals surface area contributed by atoms with Gasteiger partial charge in [-0.05, 0) is 98.3 Å². The number of hydrogen-bond donors (Lipinski definition) is 2. The second-order valence-electron chi connectivity index (χ2n) is 9.84. The number of halogens is 2. The molecule has 204 valence electrons. The maximum atomic E-state index is 14.0. The maximum absolute atomic E-state index is 14.0. The summed E-state index contributed by atoms with van der Waals surface area (Å²) in [4.78, 5) is 16.8. The monoisotopic (exact) mass is 559 g/mol. The molecule has 3 heterocycles. The number of ketones is 1. The number of fused-ring (bicyclic) bond motifs is 1. The number of aromatic nitrogens is 3. The zero-order chi connectivity index (χ0) is 28.0. The third kappa shape index (κ3) is 4.68. The van der Waals surface area contributed by atoms with E-state index in [1.165, 1.54) is 35.9 Å². The number of ether oxygens (including phenoxy) is 1. The Morgan fingerprint density at radius 2 is 1.88 bits per heavy atom. The van der Waals surface area contributed by atoms with E-state index < -0.39 is 11.6 Å². The summed E-state index contributed by atoms with van der Waals surface area (Å²) in [7, 11) is 0. The number of H-pyrrole nitrogens is 1. The van der Waals surface area contributed by atoms with Crippen molar-refractivity contribution in [3.05, 3.63) is 94.8 Å². The zero-order valence-corrected chi connectivity index (χ0v) is 22.8. The van der Waals surface area contributed by atoms with E-state index in [1.807, 2.05) is 24.9 Å². The Labute approximate surface area is 234 Å². The van der Waals surface area contributed by atoms with Crippen LogP contribution in [0.4, 0.5) is 20.3 Å². The highest BCUT2D eigenvalue weighted by Crippen LogP contribution is 2.34. The van der Waals surface area contributed by atoms with E-state index in [-0.39, 0.29) is 22.9 Å². The average molecular weight is 560 g/mol. The number of aromatic amines is 1. The number of anilines is 2. The molecule has 0 radical (unpaired) electrons. The van der Waals surface area contributed by atoms with E-state index in [9.17, 15) is 13.6 Å². The number of nitrogens with one attached hydrogen (secondary N) is 1. The number of rotatable bonds is 6. The first-order valence-corrected chi connectivity index (χ1v) is 13.9. The third-order valence-electron chi connectivity index (χ3n) is 7.04. The Morgan fingerprint density at radius 3 is 2.65 bits per heavy atom. The molecule has 0 bridgehead atoms. The molecule has 0 unspecified atom stereocenters. The summed E-state index contributed by atoms with van der Waals surface area (Å²) in [5.41, 5.74) is 11.7. The van der Waals surface area contributed by atoms with Gasteiger partial charge in [-0.1, -0.05) is 6.07 Å². The maximum Gasteiger partial charge on any atom is 0.214 e. The van der Waals surface area contributed by atoms with Gasteiger partial charge >= 0.3 is 0 Å². The Morgan fingerprint density at radius 1 is 1.05 bits per heavy atom. The molecule has 3 N–H and O–H groups in total. The lowest BCUT2D eigenvalue weighted by Crippen LogP contribution is -2.21. The first-order chi connectivity index (χ1) is 19.3. The molecule has 0 saturated carbocycles. The van der Waals surface area contributed by atoms with E-state index in [0.29, 0.717) is 22.7 Å². The molecule has 10 heteroatoms. The SMILES string of the molecule is Cc1cc2cc(C(=O)c3cnn(-c4ccc(Oc5cccc(F)c5F)cc4C)c3N)[nH]c2cc1N1CCCCS1. The topological polar surface area (TPSA) is 89.2 Å². The minimum absolute atomic E-state index is 0.193. The normalized spacial score (nSPS) is 13.7. The van der Waals surface area contributed by atoms with Crippen LogP contribution in [-0.4, -0.2) is 32.8 Å². The van der Waals surface area contributed by atoms with E-state index in [0.717, 1.165) is 40.5 Å².